The number of methoxy groups -OCH3 is 1. The van der Waals surface area contributed by atoms with Crippen LogP contribution in [0.1, 0.15) is 45.2 Å². The number of ether oxygens (including phenoxy) is 1. The molecule has 2 amide bonds. The SMILES string of the molecule is COc1cc(C(=O)N2CCC(F)(F)[C@](C)(O)c3cc(Cl)ccc32)ccc1NC(=O)c1ccc(F)cc1C. The standard InChI is InChI=1S/C27H24ClF3N2O4/c1-15-12-18(29)6-7-19(15)24(34)32-21-8-4-16(13-23(21)37-3)25(35)33-11-10-27(30,31)26(2,36)20-14-17(28)5-9-22(20)33/h4-9,12-14,36H,10-11H2,1-3H3,(H,32,34)/t26-/m1/s1. The second kappa shape index (κ2) is 9.72. The third kappa shape index (κ3) is 4.89. The third-order valence-electron chi connectivity index (χ3n) is 6.51. The molecule has 3 aromatic carbocycles. The van der Waals surface area contributed by atoms with Gasteiger partial charge in [0.25, 0.3) is 17.7 Å². The van der Waals surface area contributed by atoms with Crippen molar-refractivity contribution in [1.82, 2.24) is 0 Å². The van der Waals surface area contributed by atoms with E-state index in [0.29, 0.717) is 5.56 Å². The van der Waals surface area contributed by atoms with Crippen LogP contribution in [0.4, 0.5) is 24.5 Å². The molecule has 0 fully saturated rings. The van der Waals surface area contributed by atoms with E-state index in [-0.39, 0.29) is 45.4 Å². The second-order valence-electron chi connectivity index (χ2n) is 8.97. The molecule has 4 rings (SSSR count). The van der Waals surface area contributed by atoms with Crippen LogP contribution in [-0.2, 0) is 5.60 Å². The molecule has 0 saturated carbocycles. The Bertz CT molecular complexity index is 1390. The number of alkyl halides is 2. The molecule has 37 heavy (non-hydrogen) atoms. The van der Waals surface area contributed by atoms with Crippen LogP contribution in [0.2, 0.25) is 5.02 Å². The number of halogens is 4. The monoisotopic (exact) mass is 532 g/mol. The average molecular weight is 533 g/mol. The number of nitrogens with zero attached hydrogens (tertiary/aromatic N) is 1. The van der Waals surface area contributed by atoms with Crippen LogP contribution in [0.5, 0.6) is 5.75 Å². The number of hydrogen-bond acceptors (Lipinski definition) is 4. The van der Waals surface area contributed by atoms with Gasteiger partial charge < -0.3 is 20.1 Å². The Labute approximate surface area is 216 Å². The molecule has 10 heteroatoms. The summed E-state index contributed by atoms with van der Waals surface area (Å²) in [6, 6.07) is 12.1. The van der Waals surface area contributed by atoms with Crippen molar-refractivity contribution in [2.24, 2.45) is 0 Å². The van der Waals surface area contributed by atoms with E-state index in [4.69, 9.17) is 16.3 Å². The number of hydrogen-bond donors (Lipinski definition) is 2. The number of anilines is 2. The fourth-order valence-electron chi connectivity index (χ4n) is 4.31. The van der Waals surface area contributed by atoms with Crippen molar-refractivity contribution in [3.63, 3.8) is 0 Å². The van der Waals surface area contributed by atoms with Crippen LogP contribution < -0.4 is 15.0 Å². The average Bonchev–Trinajstić information content (AvgIpc) is 2.91. The van der Waals surface area contributed by atoms with Gasteiger partial charge in [-0.25, -0.2) is 13.2 Å². The van der Waals surface area contributed by atoms with E-state index < -0.39 is 35.6 Å². The molecule has 1 aliphatic heterocycles. The van der Waals surface area contributed by atoms with E-state index in [0.717, 1.165) is 11.8 Å². The highest BCUT2D eigenvalue weighted by Gasteiger charge is 2.53. The van der Waals surface area contributed by atoms with Crippen molar-refractivity contribution in [3.8, 4) is 5.75 Å². The van der Waals surface area contributed by atoms with Crippen molar-refractivity contribution >= 4 is 34.8 Å². The molecule has 0 radical (unpaired) electrons. The molecule has 0 bridgehead atoms. The van der Waals surface area contributed by atoms with Crippen molar-refractivity contribution in [1.29, 1.82) is 0 Å². The fraction of sp³-hybridized carbons (Fsp3) is 0.259. The van der Waals surface area contributed by atoms with Gasteiger partial charge in [0.15, 0.2) is 5.60 Å². The van der Waals surface area contributed by atoms with Crippen LogP contribution in [0.15, 0.2) is 54.6 Å². The summed E-state index contributed by atoms with van der Waals surface area (Å²) < 4.78 is 48.5. The number of rotatable bonds is 4. The van der Waals surface area contributed by atoms with E-state index >= 15 is 0 Å². The van der Waals surface area contributed by atoms with Crippen LogP contribution in [0, 0.1) is 12.7 Å². The summed E-state index contributed by atoms with van der Waals surface area (Å²) in [7, 11) is 1.35. The van der Waals surface area contributed by atoms with Crippen molar-refractivity contribution in [3.05, 3.63) is 87.7 Å². The molecule has 3 aromatic rings. The number of benzene rings is 3. The summed E-state index contributed by atoms with van der Waals surface area (Å²) in [5, 5.41) is 13.6. The lowest BCUT2D eigenvalue weighted by Gasteiger charge is -2.32. The third-order valence-corrected chi connectivity index (χ3v) is 6.75. The predicted molar refractivity (Wildman–Crippen MR) is 134 cm³/mol. The summed E-state index contributed by atoms with van der Waals surface area (Å²) >= 11 is 6.03. The van der Waals surface area contributed by atoms with Crippen molar-refractivity contribution in [2.75, 3.05) is 23.9 Å². The zero-order valence-electron chi connectivity index (χ0n) is 20.2. The zero-order chi connectivity index (χ0) is 27.1. The lowest BCUT2D eigenvalue weighted by atomic mass is 9.87. The minimum absolute atomic E-state index is 0.110. The summed E-state index contributed by atoms with van der Waals surface area (Å²) in [5.74, 6) is -4.94. The molecule has 1 aliphatic rings. The first kappa shape index (κ1) is 26.5. The predicted octanol–water partition coefficient (Wildman–Crippen LogP) is 5.94. The van der Waals surface area contributed by atoms with Gasteiger partial charge in [-0.3, -0.25) is 9.59 Å². The highest BCUT2D eigenvalue weighted by atomic mass is 35.5. The first-order valence-electron chi connectivity index (χ1n) is 11.3. The molecular weight excluding hydrogens is 509 g/mol. The summed E-state index contributed by atoms with van der Waals surface area (Å²) in [6.07, 6.45) is -0.777. The Kier molecular flexibility index (Phi) is 6.96. The normalized spacial score (nSPS) is 18.5. The second-order valence-corrected chi connectivity index (χ2v) is 9.41. The molecule has 0 aliphatic carbocycles. The zero-order valence-corrected chi connectivity index (χ0v) is 21.0. The largest absolute Gasteiger partial charge is 0.495 e. The van der Waals surface area contributed by atoms with Gasteiger partial charge in [-0.15, -0.1) is 0 Å². The lowest BCUT2D eigenvalue weighted by molar-refractivity contribution is -0.177. The number of aryl methyl sites for hydroxylation is 1. The van der Waals surface area contributed by atoms with Gasteiger partial charge in [0.1, 0.15) is 11.6 Å². The van der Waals surface area contributed by atoms with Gasteiger partial charge in [0.2, 0.25) is 0 Å². The quantitative estimate of drug-likeness (QED) is 0.436. The highest BCUT2D eigenvalue weighted by Crippen LogP contribution is 2.47. The van der Waals surface area contributed by atoms with Crippen LogP contribution in [0.25, 0.3) is 0 Å². The Morgan fingerprint density at radius 2 is 1.84 bits per heavy atom. The Hall–Kier alpha value is -3.56. The van der Waals surface area contributed by atoms with Crippen LogP contribution in [-0.4, -0.2) is 36.5 Å². The van der Waals surface area contributed by atoms with Gasteiger partial charge in [0, 0.05) is 34.7 Å². The molecule has 1 atom stereocenters. The molecule has 2 N–H and O–H groups in total. The fourth-order valence-corrected chi connectivity index (χ4v) is 4.48. The molecule has 0 unspecified atom stereocenters. The maximum absolute atomic E-state index is 14.9. The maximum atomic E-state index is 14.9. The van der Waals surface area contributed by atoms with Gasteiger partial charge >= 0.3 is 0 Å². The first-order valence-corrected chi connectivity index (χ1v) is 11.7. The number of carbonyl (C=O) groups excluding carboxylic acids is 2. The van der Waals surface area contributed by atoms with E-state index in [2.05, 4.69) is 5.32 Å². The molecule has 6 nitrogen and oxygen atoms in total. The molecular formula is C27H24ClF3N2O4. The Morgan fingerprint density at radius 1 is 1.11 bits per heavy atom. The number of aliphatic hydroxyl groups is 1. The summed E-state index contributed by atoms with van der Waals surface area (Å²) in [4.78, 5) is 27.4. The van der Waals surface area contributed by atoms with Crippen molar-refractivity contribution < 1.29 is 32.6 Å². The van der Waals surface area contributed by atoms with Gasteiger partial charge in [0.05, 0.1) is 18.5 Å². The number of nitrogens with one attached hydrogen (secondary N) is 1. The molecule has 0 aromatic heterocycles. The Morgan fingerprint density at radius 3 is 2.51 bits per heavy atom. The van der Waals surface area contributed by atoms with E-state index in [1.54, 1.807) is 6.92 Å². The Balaban J connectivity index is 1.67. The summed E-state index contributed by atoms with van der Waals surface area (Å²) in [5.41, 5.74) is -1.54. The number of fused-ring (bicyclic) bond motifs is 1. The number of carbonyl (C=O) groups is 2. The van der Waals surface area contributed by atoms with E-state index in [1.165, 1.54) is 61.7 Å². The van der Waals surface area contributed by atoms with Crippen molar-refractivity contribution in [2.45, 2.75) is 31.8 Å². The van der Waals surface area contributed by atoms with Crippen LogP contribution >= 0.6 is 11.6 Å². The highest BCUT2D eigenvalue weighted by molar-refractivity contribution is 6.30. The van der Waals surface area contributed by atoms with Gasteiger partial charge in [-0.2, -0.15) is 0 Å². The lowest BCUT2D eigenvalue weighted by Crippen LogP contribution is -2.42. The van der Waals surface area contributed by atoms with Gasteiger partial charge in [-0.1, -0.05) is 11.6 Å². The number of amides is 2. The van der Waals surface area contributed by atoms with Gasteiger partial charge in [-0.05, 0) is 74.0 Å². The topological polar surface area (TPSA) is 78.9 Å². The summed E-state index contributed by atoms with van der Waals surface area (Å²) in [6.45, 7) is 2.24. The smallest absolute Gasteiger partial charge is 0.281 e. The molecule has 1 heterocycles. The van der Waals surface area contributed by atoms with E-state index in [1.807, 2.05) is 0 Å². The van der Waals surface area contributed by atoms with E-state index in [9.17, 15) is 27.9 Å². The minimum atomic E-state index is -3.52. The molecule has 0 saturated heterocycles. The first-order chi connectivity index (χ1) is 17.4. The molecule has 194 valence electrons. The van der Waals surface area contributed by atoms with Crippen LogP contribution in [0.3, 0.4) is 0 Å². The maximum Gasteiger partial charge on any atom is 0.281 e. The minimum Gasteiger partial charge on any atom is -0.495 e. The molecule has 0 spiro atoms.